The molecule has 3 N–H and O–H groups in total. The molecule has 1 saturated heterocycles. The highest BCUT2D eigenvalue weighted by molar-refractivity contribution is 7.80. The number of likely N-dealkylation sites (tertiary alicyclic amines) is 1. The van der Waals surface area contributed by atoms with Crippen LogP contribution in [0.4, 0.5) is 14.9 Å². The lowest BCUT2D eigenvalue weighted by Gasteiger charge is -2.38. The molecule has 1 aromatic rings. The number of nitrogens with one attached hydrogen (secondary N) is 1. The molecular formula is C14H18FN3OS. The van der Waals surface area contributed by atoms with Crippen LogP contribution in [0.1, 0.15) is 19.8 Å². The number of nitrogens with two attached hydrogens (primary N) is 1. The van der Waals surface area contributed by atoms with E-state index in [9.17, 15) is 9.18 Å². The monoisotopic (exact) mass is 295 g/mol. The van der Waals surface area contributed by atoms with E-state index in [4.69, 9.17) is 18.0 Å². The Bertz CT molecular complexity index is 527. The van der Waals surface area contributed by atoms with Gasteiger partial charge in [-0.05, 0) is 25.0 Å². The van der Waals surface area contributed by atoms with E-state index in [1.807, 2.05) is 6.92 Å². The van der Waals surface area contributed by atoms with Gasteiger partial charge in [-0.3, -0.25) is 0 Å². The Labute approximate surface area is 123 Å². The first kappa shape index (κ1) is 14.7. The van der Waals surface area contributed by atoms with E-state index in [1.165, 1.54) is 12.1 Å². The second-order valence-electron chi connectivity index (χ2n) is 5.32. The number of nitrogens with zero attached hydrogens (tertiary/aromatic N) is 1. The molecule has 4 nitrogen and oxygen atoms in total. The molecule has 1 aromatic carbocycles. The number of amides is 2. The summed E-state index contributed by atoms with van der Waals surface area (Å²) < 4.78 is 13.5. The summed E-state index contributed by atoms with van der Waals surface area (Å²) >= 11 is 5.06. The third-order valence-electron chi connectivity index (χ3n) is 3.86. The van der Waals surface area contributed by atoms with Crippen LogP contribution in [0.15, 0.2) is 24.3 Å². The van der Waals surface area contributed by atoms with Crippen LogP contribution in [-0.2, 0) is 0 Å². The zero-order valence-electron chi connectivity index (χ0n) is 11.4. The van der Waals surface area contributed by atoms with Crippen molar-refractivity contribution in [2.75, 3.05) is 18.4 Å². The highest BCUT2D eigenvalue weighted by atomic mass is 32.1. The van der Waals surface area contributed by atoms with Crippen molar-refractivity contribution in [3.63, 3.8) is 0 Å². The molecule has 0 aliphatic carbocycles. The second-order valence-corrected chi connectivity index (χ2v) is 5.76. The van der Waals surface area contributed by atoms with Crippen molar-refractivity contribution in [1.82, 2.24) is 4.90 Å². The molecule has 1 aliphatic heterocycles. The maximum Gasteiger partial charge on any atom is 0.321 e. The van der Waals surface area contributed by atoms with E-state index in [0.717, 1.165) is 12.8 Å². The highest BCUT2D eigenvalue weighted by Crippen LogP contribution is 2.31. The molecule has 1 aliphatic rings. The Balaban J connectivity index is 1.96. The molecule has 20 heavy (non-hydrogen) atoms. The third kappa shape index (κ3) is 3.07. The summed E-state index contributed by atoms with van der Waals surface area (Å²) in [7, 11) is 0. The van der Waals surface area contributed by atoms with Crippen molar-refractivity contribution in [3.05, 3.63) is 30.1 Å². The van der Waals surface area contributed by atoms with Gasteiger partial charge < -0.3 is 16.0 Å². The average Bonchev–Trinajstić information content (AvgIpc) is 2.42. The molecular weight excluding hydrogens is 277 g/mol. The zero-order valence-corrected chi connectivity index (χ0v) is 12.2. The van der Waals surface area contributed by atoms with E-state index >= 15 is 0 Å². The lowest BCUT2D eigenvalue weighted by molar-refractivity contribution is 0.171. The first-order valence-electron chi connectivity index (χ1n) is 6.53. The molecule has 0 aromatic heterocycles. The van der Waals surface area contributed by atoms with Crippen LogP contribution in [-0.4, -0.2) is 29.0 Å². The summed E-state index contributed by atoms with van der Waals surface area (Å²) in [6.45, 7) is 3.14. The van der Waals surface area contributed by atoms with Crippen molar-refractivity contribution in [1.29, 1.82) is 0 Å². The Morgan fingerprint density at radius 1 is 1.40 bits per heavy atom. The van der Waals surface area contributed by atoms with E-state index in [2.05, 4.69) is 5.32 Å². The van der Waals surface area contributed by atoms with Crippen LogP contribution >= 0.6 is 12.2 Å². The van der Waals surface area contributed by atoms with Gasteiger partial charge in [0.2, 0.25) is 0 Å². The minimum absolute atomic E-state index is 0.190. The topological polar surface area (TPSA) is 58.4 Å². The molecule has 6 heteroatoms. The Morgan fingerprint density at radius 2 is 2.00 bits per heavy atom. The number of carbonyl (C=O) groups is 1. The summed E-state index contributed by atoms with van der Waals surface area (Å²) in [5.74, 6) is -0.439. The molecule has 0 atom stereocenters. The van der Waals surface area contributed by atoms with Gasteiger partial charge in [0.1, 0.15) is 5.82 Å². The summed E-state index contributed by atoms with van der Waals surface area (Å²) in [6, 6.07) is 5.82. The Hall–Kier alpha value is -1.69. The van der Waals surface area contributed by atoms with E-state index in [-0.39, 0.29) is 17.1 Å². The van der Waals surface area contributed by atoms with E-state index < -0.39 is 5.82 Å². The number of urea groups is 1. The molecule has 0 saturated carbocycles. The van der Waals surface area contributed by atoms with Gasteiger partial charge in [0.05, 0.1) is 10.7 Å². The van der Waals surface area contributed by atoms with Crippen LogP contribution in [0.5, 0.6) is 0 Å². The number of anilines is 1. The van der Waals surface area contributed by atoms with E-state index in [0.29, 0.717) is 18.1 Å². The number of carbonyl (C=O) groups excluding carboxylic acids is 1. The van der Waals surface area contributed by atoms with Crippen molar-refractivity contribution in [2.45, 2.75) is 19.8 Å². The van der Waals surface area contributed by atoms with E-state index in [1.54, 1.807) is 17.0 Å². The van der Waals surface area contributed by atoms with Crippen LogP contribution in [0.25, 0.3) is 0 Å². The van der Waals surface area contributed by atoms with Crippen molar-refractivity contribution in [3.8, 4) is 0 Å². The Morgan fingerprint density at radius 3 is 2.55 bits per heavy atom. The number of hydrogen-bond acceptors (Lipinski definition) is 2. The lowest BCUT2D eigenvalue weighted by Crippen LogP contribution is -2.48. The van der Waals surface area contributed by atoms with Gasteiger partial charge in [0.25, 0.3) is 0 Å². The summed E-state index contributed by atoms with van der Waals surface area (Å²) in [5, 5.41) is 2.58. The maximum absolute atomic E-state index is 13.5. The number of thiocarbonyl (C=S) groups is 1. The number of rotatable bonds is 2. The smallest absolute Gasteiger partial charge is 0.321 e. The minimum atomic E-state index is -0.439. The first-order valence-corrected chi connectivity index (χ1v) is 6.93. The standard InChI is InChI=1S/C14H18FN3OS/c1-14(12(16)20)6-8-18(9-7-14)13(19)17-11-5-3-2-4-10(11)15/h2-5H,6-9H2,1H3,(H2,16,20)(H,17,19). The fraction of sp³-hybridized carbons (Fsp3) is 0.429. The minimum Gasteiger partial charge on any atom is -0.393 e. The molecule has 0 unspecified atom stereocenters. The fourth-order valence-electron chi connectivity index (χ4n) is 2.21. The van der Waals surface area contributed by atoms with Crippen LogP contribution in [0.3, 0.4) is 0 Å². The largest absolute Gasteiger partial charge is 0.393 e. The van der Waals surface area contributed by atoms with Crippen LogP contribution in [0.2, 0.25) is 0 Å². The van der Waals surface area contributed by atoms with Gasteiger partial charge in [-0.1, -0.05) is 31.3 Å². The number of hydrogen-bond donors (Lipinski definition) is 2. The zero-order chi connectivity index (χ0) is 14.8. The summed E-state index contributed by atoms with van der Waals surface area (Å²) in [5.41, 5.74) is 5.73. The van der Waals surface area contributed by atoms with Gasteiger partial charge in [0.15, 0.2) is 0 Å². The molecule has 0 bridgehead atoms. The number of benzene rings is 1. The summed E-state index contributed by atoms with van der Waals surface area (Å²) in [4.78, 5) is 14.2. The normalized spacial score (nSPS) is 17.6. The third-order valence-corrected chi connectivity index (χ3v) is 4.36. The average molecular weight is 295 g/mol. The molecule has 1 fully saturated rings. The SMILES string of the molecule is CC1(C(N)=S)CCN(C(=O)Nc2ccccc2F)CC1. The van der Waals surface area contributed by atoms with Crippen molar-refractivity contribution in [2.24, 2.45) is 11.1 Å². The Kier molecular flexibility index (Phi) is 4.23. The molecule has 1 heterocycles. The molecule has 2 amide bonds. The van der Waals surface area contributed by atoms with Crippen LogP contribution < -0.4 is 11.1 Å². The van der Waals surface area contributed by atoms with Gasteiger partial charge in [-0.2, -0.15) is 0 Å². The van der Waals surface area contributed by atoms with Gasteiger partial charge >= 0.3 is 6.03 Å². The molecule has 108 valence electrons. The van der Waals surface area contributed by atoms with Crippen LogP contribution in [0, 0.1) is 11.2 Å². The maximum atomic E-state index is 13.5. The quantitative estimate of drug-likeness (QED) is 0.825. The fourth-order valence-corrected chi connectivity index (χ4v) is 2.41. The van der Waals surface area contributed by atoms with Crippen molar-refractivity contribution < 1.29 is 9.18 Å². The van der Waals surface area contributed by atoms with Gasteiger partial charge in [0, 0.05) is 18.5 Å². The number of halogens is 1. The number of piperidine rings is 1. The lowest BCUT2D eigenvalue weighted by atomic mass is 9.80. The predicted octanol–water partition coefficient (Wildman–Crippen LogP) is 2.75. The molecule has 0 radical (unpaired) electrons. The van der Waals surface area contributed by atoms with Gasteiger partial charge in [-0.15, -0.1) is 0 Å². The highest BCUT2D eigenvalue weighted by Gasteiger charge is 2.34. The van der Waals surface area contributed by atoms with Gasteiger partial charge in [-0.25, -0.2) is 9.18 Å². The predicted molar refractivity (Wildman–Crippen MR) is 81.1 cm³/mol. The summed E-state index contributed by atoms with van der Waals surface area (Å²) in [6.07, 6.45) is 1.46. The molecule has 2 rings (SSSR count). The second kappa shape index (κ2) is 5.75. The first-order chi connectivity index (χ1) is 9.42. The van der Waals surface area contributed by atoms with Crippen molar-refractivity contribution >= 4 is 28.9 Å². The molecule has 0 spiro atoms. The number of para-hydroxylation sites is 1.